The van der Waals surface area contributed by atoms with Gasteiger partial charge in [0.2, 0.25) is 0 Å². The Labute approximate surface area is 119 Å². The molecule has 19 heavy (non-hydrogen) atoms. The first-order valence-electron chi connectivity index (χ1n) is 7.08. The predicted octanol–water partition coefficient (Wildman–Crippen LogP) is 3.52. The molecule has 2 aromatic heterocycles. The number of hydrogen-bond donors (Lipinski definition) is 0. The number of hydrogen-bond acceptors (Lipinski definition) is 2. The second kappa shape index (κ2) is 5.74. The molecular formula is C16H21N2S+. The topological polar surface area (TPSA) is 7.12 Å². The van der Waals surface area contributed by atoms with Crippen molar-refractivity contribution in [2.75, 3.05) is 4.90 Å². The minimum Gasteiger partial charge on any atom is -0.254 e. The van der Waals surface area contributed by atoms with Crippen molar-refractivity contribution in [2.24, 2.45) is 7.05 Å². The summed E-state index contributed by atoms with van der Waals surface area (Å²) < 4.78 is 2.24. The fourth-order valence-corrected chi connectivity index (χ4v) is 3.70. The monoisotopic (exact) mass is 273 g/mol. The van der Waals surface area contributed by atoms with Crippen molar-refractivity contribution in [3.63, 3.8) is 0 Å². The Kier molecular flexibility index (Phi) is 3.83. The molecule has 0 bridgehead atoms. The summed E-state index contributed by atoms with van der Waals surface area (Å²) in [5.74, 6) is 1.34. The van der Waals surface area contributed by atoms with E-state index in [4.69, 9.17) is 0 Å². The minimum atomic E-state index is 0.704. The Hall–Kier alpha value is -1.35. The van der Waals surface area contributed by atoms with Gasteiger partial charge >= 0.3 is 0 Å². The Morgan fingerprint density at radius 2 is 2.05 bits per heavy atom. The van der Waals surface area contributed by atoms with Crippen molar-refractivity contribution >= 4 is 17.2 Å². The maximum absolute atomic E-state index is 2.60. The maximum Gasteiger partial charge on any atom is 0.276 e. The van der Waals surface area contributed by atoms with E-state index in [0.717, 1.165) is 6.54 Å². The SMILES string of the molecule is C[n+]1ccccc1N(Cc1cccs1)C1CCCC1. The highest BCUT2D eigenvalue weighted by molar-refractivity contribution is 7.09. The van der Waals surface area contributed by atoms with Crippen LogP contribution in [0.1, 0.15) is 30.6 Å². The average Bonchev–Trinajstić information content (AvgIpc) is 3.10. The van der Waals surface area contributed by atoms with Gasteiger partial charge in [-0.15, -0.1) is 11.3 Å². The van der Waals surface area contributed by atoms with Crippen LogP contribution in [-0.4, -0.2) is 6.04 Å². The van der Waals surface area contributed by atoms with Crippen LogP contribution < -0.4 is 9.47 Å². The molecule has 0 aliphatic heterocycles. The molecule has 0 spiro atoms. The van der Waals surface area contributed by atoms with Gasteiger partial charge in [0, 0.05) is 10.9 Å². The van der Waals surface area contributed by atoms with Crippen LogP contribution in [0.2, 0.25) is 0 Å². The van der Waals surface area contributed by atoms with E-state index in [9.17, 15) is 0 Å². The lowest BCUT2D eigenvalue weighted by Gasteiger charge is -2.24. The summed E-state index contributed by atoms with van der Waals surface area (Å²) in [6, 6.07) is 11.6. The summed E-state index contributed by atoms with van der Waals surface area (Å²) in [7, 11) is 2.14. The number of thiophene rings is 1. The number of anilines is 1. The highest BCUT2D eigenvalue weighted by Gasteiger charge is 2.30. The van der Waals surface area contributed by atoms with Gasteiger partial charge in [0.1, 0.15) is 6.54 Å². The van der Waals surface area contributed by atoms with Gasteiger partial charge < -0.3 is 0 Å². The zero-order chi connectivity index (χ0) is 13.1. The fourth-order valence-electron chi connectivity index (χ4n) is 3.00. The highest BCUT2D eigenvalue weighted by Crippen LogP contribution is 2.28. The summed E-state index contributed by atoms with van der Waals surface area (Å²) in [5, 5.41) is 2.17. The fraction of sp³-hybridized carbons (Fsp3) is 0.438. The normalized spacial score (nSPS) is 15.8. The van der Waals surface area contributed by atoms with Crippen LogP contribution in [0.3, 0.4) is 0 Å². The van der Waals surface area contributed by atoms with E-state index in [1.165, 1.54) is 36.4 Å². The number of aromatic nitrogens is 1. The molecule has 0 saturated heterocycles. The van der Waals surface area contributed by atoms with E-state index < -0.39 is 0 Å². The van der Waals surface area contributed by atoms with Gasteiger partial charge in [-0.05, 0) is 43.2 Å². The molecule has 1 fully saturated rings. The largest absolute Gasteiger partial charge is 0.276 e. The van der Waals surface area contributed by atoms with Crippen molar-refractivity contribution in [3.8, 4) is 0 Å². The Balaban J connectivity index is 1.89. The lowest BCUT2D eigenvalue weighted by Crippen LogP contribution is -2.42. The van der Waals surface area contributed by atoms with Crippen molar-refractivity contribution in [3.05, 3.63) is 46.8 Å². The summed E-state index contributed by atoms with van der Waals surface area (Å²) in [5.41, 5.74) is 0. The van der Waals surface area contributed by atoms with E-state index in [-0.39, 0.29) is 0 Å². The van der Waals surface area contributed by atoms with E-state index in [1.807, 2.05) is 11.3 Å². The predicted molar refractivity (Wildman–Crippen MR) is 80.4 cm³/mol. The molecule has 0 radical (unpaired) electrons. The van der Waals surface area contributed by atoms with Crippen LogP contribution in [0.5, 0.6) is 0 Å². The molecule has 0 atom stereocenters. The standard InChI is InChI=1S/C16H21N2S/c1-17-11-5-4-10-16(17)18(14-7-2-3-8-14)13-15-9-6-12-19-15/h4-6,9-12,14H,2-3,7-8,13H2,1H3/q+1. The third-order valence-corrected chi connectivity index (χ3v) is 4.85. The first-order valence-corrected chi connectivity index (χ1v) is 7.96. The van der Waals surface area contributed by atoms with Crippen LogP contribution in [0.15, 0.2) is 41.9 Å². The molecular weight excluding hydrogens is 252 g/mol. The Bertz CT molecular complexity index is 515. The van der Waals surface area contributed by atoms with Crippen molar-refractivity contribution in [1.29, 1.82) is 0 Å². The smallest absolute Gasteiger partial charge is 0.254 e. The van der Waals surface area contributed by atoms with Crippen molar-refractivity contribution in [2.45, 2.75) is 38.3 Å². The first kappa shape index (κ1) is 12.7. The highest BCUT2D eigenvalue weighted by atomic mass is 32.1. The van der Waals surface area contributed by atoms with E-state index in [1.54, 1.807) is 0 Å². The van der Waals surface area contributed by atoms with Crippen molar-refractivity contribution in [1.82, 2.24) is 0 Å². The molecule has 0 amide bonds. The van der Waals surface area contributed by atoms with E-state index in [0.29, 0.717) is 6.04 Å². The second-order valence-corrected chi connectivity index (χ2v) is 6.35. The zero-order valence-electron chi connectivity index (χ0n) is 11.5. The molecule has 1 aliphatic rings. The number of rotatable bonds is 4. The van der Waals surface area contributed by atoms with Gasteiger partial charge in [0.25, 0.3) is 5.82 Å². The molecule has 0 aromatic carbocycles. The number of nitrogens with zero attached hydrogens (tertiary/aromatic N) is 2. The molecule has 2 heterocycles. The van der Waals surface area contributed by atoms with Gasteiger partial charge in [-0.3, -0.25) is 4.90 Å². The van der Waals surface area contributed by atoms with Crippen LogP contribution in [0.25, 0.3) is 0 Å². The molecule has 3 rings (SSSR count). The van der Waals surface area contributed by atoms with Gasteiger partial charge in [-0.1, -0.05) is 12.1 Å². The van der Waals surface area contributed by atoms with Gasteiger partial charge in [0.15, 0.2) is 0 Å². The van der Waals surface area contributed by atoms with Gasteiger partial charge in [0.05, 0.1) is 19.3 Å². The lowest BCUT2D eigenvalue weighted by atomic mass is 10.2. The van der Waals surface area contributed by atoms with Gasteiger partial charge in [-0.25, -0.2) is 4.57 Å². The molecule has 2 nitrogen and oxygen atoms in total. The maximum atomic E-state index is 2.60. The minimum absolute atomic E-state index is 0.704. The lowest BCUT2D eigenvalue weighted by molar-refractivity contribution is -0.659. The molecule has 1 saturated carbocycles. The summed E-state index contributed by atoms with van der Waals surface area (Å²) in [6.07, 6.45) is 7.57. The molecule has 3 heteroatoms. The van der Waals surface area contributed by atoms with Crippen LogP contribution in [0.4, 0.5) is 5.82 Å². The molecule has 0 unspecified atom stereocenters. The number of pyridine rings is 1. The van der Waals surface area contributed by atoms with Crippen LogP contribution >= 0.6 is 11.3 Å². The molecule has 1 aliphatic carbocycles. The van der Waals surface area contributed by atoms with E-state index in [2.05, 4.69) is 58.4 Å². The average molecular weight is 273 g/mol. The van der Waals surface area contributed by atoms with Gasteiger partial charge in [-0.2, -0.15) is 0 Å². The Morgan fingerprint density at radius 1 is 1.21 bits per heavy atom. The summed E-state index contributed by atoms with van der Waals surface area (Å²) in [4.78, 5) is 4.05. The Morgan fingerprint density at radius 3 is 2.74 bits per heavy atom. The second-order valence-electron chi connectivity index (χ2n) is 5.32. The molecule has 2 aromatic rings. The first-order chi connectivity index (χ1) is 9.34. The summed E-state index contributed by atoms with van der Waals surface area (Å²) in [6.45, 7) is 1.04. The van der Waals surface area contributed by atoms with Crippen LogP contribution in [-0.2, 0) is 13.6 Å². The number of aryl methyl sites for hydroxylation is 1. The van der Waals surface area contributed by atoms with Crippen LogP contribution in [0, 0.1) is 0 Å². The van der Waals surface area contributed by atoms with Crippen molar-refractivity contribution < 1.29 is 4.57 Å². The zero-order valence-corrected chi connectivity index (χ0v) is 12.3. The van der Waals surface area contributed by atoms with E-state index >= 15 is 0 Å². The third kappa shape index (κ3) is 2.81. The molecule has 100 valence electrons. The molecule has 0 N–H and O–H groups in total. The quantitative estimate of drug-likeness (QED) is 0.773. The summed E-state index contributed by atoms with van der Waals surface area (Å²) >= 11 is 1.86. The third-order valence-electron chi connectivity index (χ3n) is 3.99.